The third-order valence-electron chi connectivity index (χ3n) is 5.54. The predicted octanol–water partition coefficient (Wildman–Crippen LogP) is 2.76. The van der Waals surface area contributed by atoms with Crippen LogP contribution in [0.4, 0.5) is 0 Å². The van der Waals surface area contributed by atoms with Gasteiger partial charge in [-0.15, -0.1) is 0 Å². The Hall–Kier alpha value is -1.29. The van der Waals surface area contributed by atoms with E-state index in [0.29, 0.717) is 6.04 Å². The number of nitrogens with one attached hydrogen (secondary N) is 1. The summed E-state index contributed by atoms with van der Waals surface area (Å²) in [4.78, 5) is 15.1. The van der Waals surface area contributed by atoms with E-state index in [0.717, 1.165) is 62.1 Å². The fourth-order valence-corrected chi connectivity index (χ4v) is 4.38. The zero-order chi connectivity index (χ0) is 15.9. The third kappa shape index (κ3) is 2.69. The van der Waals surface area contributed by atoms with Crippen molar-refractivity contribution in [1.82, 2.24) is 14.8 Å². The van der Waals surface area contributed by atoms with E-state index < -0.39 is 0 Å². The number of rotatable bonds is 2. The maximum atomic E-state index is 13.0. The van der Waals surface area contributed by atoms with Crippen LogP contribution in [0.3, 0.4) is 0 Å². The van der Waals surface area contributed by atoms with Gasteiger partial charge in [0, 0.05) is 30.5 Å². The smallest absolute Gasteiger partial charge is 0.255 e. The highest BCUT2D eigenvalue weighted by atomic mass is 16.2. The average molecular weight is 303 g/mol. The second-order valence-electron chi connectivity index (χ2n) is 7.30. The molecule has 3 rings (SSSR count). The molecule has 4 heteroatoms. The molecule has 0 saturated carbocycles. The van der Waals surface area contributed by atoms with E-state index in [1.807, 2.05) is 0 Å². The first-order valence-electron chi connectivity index (χ1n) is 8.67. The molecule has 3 heterocycles. The van der Waals surface area contributed by atoms with Crippen molar-refractivity contribution in [2.45, 2.75) is 46.6 Å². The highest BCUT2D eigenvalue weighted by molar-refractivity contribution is 5.95. The molecule has 1 N–H and O–H groups in total. The van der Waals surface area contributed by atoms with Gasteiger partial charge in [0.25, 0.3) is 5.91 Å². The van der Waals surface area contributed by atoms with Crippen molar-refractivity contribution in [3.8, 4) is 0 Å². The number of hydrogen-bond donors (Lipinski definition) is 1. The van der Waals surface area contributed by atoms with Crippen LogP contribution in [-0.4, -0.2) is 41.6 Å². The summed E-state index contributed by atoms with van der Waals surface area (Å²) in [5.41, 5.74) is 3.20. The van der Waals surface area contributed by atoms with Crippen molar-refractivity contribution in [1.29, 1.82) is 0 Å². The summed E-state index contributed by atoms with van der Waals surface area (Å²) in [5, 5.41) is 3.49. The fourth-order valence-electron chi connectivity index (χ4n) is 4.38. The minimum Gasteiger partial charge on any atom is -0.346 e. The highest BCUT2D eigenvalue weighted by Crippen LogP contribution is 2.28. The van der Waals surface area contributed by atoms with Gasteiger partial charge in [-0.3, -0.25) is 4.79 Å². The van der Waals surface area contributed by atoms with Crippen LogP contribution in [0.2, 0.25) is 0 Å². The van der Waals surface area contributed by atoms with E-state index >= 15 is 0 Å². The number of hydrogen-bond acceptors (Lipinski definition) is 2. The molecule has 0 bridgehead atoms. The maximum absolute atomic E-state index is 13.0. The summed E-state index contributed by atoms with van der Waals surface area (Å²) in [6, 6.07) is 2.47. The number of carbonyl (C=O) groups is 1. The Morgan fingerprint density at radius 2 is 1.77 bits per heavy atom. The van der Waals surface area contributed by atoms with Crippen LogP contribution in [0, 0.1) is 25.7 Å². The van der Waals surface area contributed by atoms with Gasteiger partial charge in [0.2, 0.25) is 0 Å². The first-order valence-corrected chi connectivity index (χ1v) is 8.67. The lowest BCUT2D eigenvalue weighted by atomic mass is 9.92. The van der Waals surface area contributed by atoms with Gasteiger partial charge in [-0.1, -0.05) is 0 Å². The molecule has 2 aliphatic heterocycles. The lowest BCUT2D eigenvalue weighted by Gasteiger charge is -2.21. The van der Waals surface area contributed by atoms with E-state index in [1.54, 1.807) is 0 Å². The van der Waals surface area contributed by atoms with E-state index in [1.165, 1.54) is 5.69 Å². The summed E-state index contributed by atoms with van der Waals surface area (Å²) in [7, 11) is 0. The summed E-state index contributed by atoms with van der Waals surface area (Å²) >= 11 is 0. The number of likely N-dealkylation sites (tertiary alicyclic amines) is 1. The van der Waals surface area contributed by atoms with Gasteiger partial charge in [0.05, 0.1) is 5.56 Å². The lowest BCUT2D eigenvalue weighted by molar-refractivity contribution is 0.0757. The van der Waals surface area contributed by atoms with Gasteiger partial charge in [-0.05, 0) is 71.5 Å². The third-order valence-corrected chi connectivity index (χ3v) is 5.54. The first-order chi connectivity index (χ1) is 10.5. The van der Waals surface area contributed by atoms with Crippen LogP contribution in [0.25, 0.3) is 0 Å². The second kappa shape index (κ2) is 6.07. The number of aromatic nitrogens is 1. The molecule has 0 unspecified atom stereocenters. The fraction of sp³-hybridized carbons (Fsp3) is 0.722. The molecule has 22 heavy (non-hydrogen) atoms. The largest absolute Gasteiger partial charge is 0.346 e. The summed E-state index contributed by atoms with van der Waals surface area (Å²) in [6.07, 6.45) is 2.29. The molecular weight excluding hydrogens is 274 g/mol. The molecule has 2 fully saturated rings. The Balaban J connectivity index is 1.78. The van der Waals surface area contributed by atoms with Crippen molar-refractivity contribution in [2.24, 2.45) is 11.8 Å². The van der Waals surface area contributed by atoms with Gasteiger partial charge in [0.1, 0.15) is 0 Å². The van der Waals surface area contributed by atoms with Crippen molar-refractivity contribution < 1.29 is 4.79 Å². The number of carbonyl (C=O) groups excluding carboxylic acids is 1. The van der Waals surface area contributed by atoms with E-state index in [-0.39, 0.29) is 5.91 Å². The average Bonchev–Trinajstić information content (AvgIpc) is 2.97. The first kappa shape index (κ1) is 15.6. The standard InChI is InChI=1S/C18H29N3O/c1-12(2)21-13(3)9-17(14(21)4)18(22)20-7-5-15-10-19-11-16(15)6-8-20/h9,12,15-16,19H,5-8,10-11H2,1-4H3/t15-,16+. The molecular formula is C18H29N3O. The zero-order valence-electron chi connectivity index (χ0n) is 14.4. The molecule has 1 aromatic heterocycles. The highest BCUT2D eigenvalue weighted by Gasteiger charge is 2.32. The summed E-state index contributed by atoms with van der Waals surface area (Å²) < 4.78 is 2.27. The minimum absolute atomic E-state index is 0.230. The zero-order valence-corrected chi connectivity index (χ0v) is 14.4. The second-order valence-corrected chi connectivity index (χ2v) is 7.30. The normalized spacial score (nSPS) is 25.4. The van der Waals surface area contributed by atoms with Gasteiger partial charge < -0.3 is 14.8 Å². The molecule has 4 nitrogen and oxygen atoms in total. The Morgan fingerprint density at radius 3 is 2.27 bits per heavy atom. The lowest BCUT2D eigenvalue weighted by Crippen LogP contribution is -2.33. The quantitative estimate of drug-likeness (QED) is 0.912. The number of fused-ring (bicyclic) bond motifs is 1. The van der Waals surface area contributed by atoms with E-state index in [9.17, 15) is 4.79 Å². The Morgan fingerprint density at radius 1 is 1.18 bits per heavy atom. The SMILES string of the molecule is Cc1cc(C(=O)N2CC[C@@H]3CNC[C@@H]3CC2)c(C)n1C(C)C. The Labute approximate surface area is 133 Å². The monoisotopic (exact) mass is 303 g/mol. The molecule has 2 atom stereocenters. The van der Waals surface area contributed by atoms with Crippen molar-refractivity contribution in [2.75, 3.05) is 26.2 Å². The van der Waals surface area contributed by atoms with Gasteiger partial charge >= 0.3 is 0 Å². The van der Waals surface area contributed by atoms with Crippen molar-refractivity contribution in [3.63, 3.8) is 0 Å². The summed E-state index contributed by atoms with van der Waals surface area (Å²) in [6.45, 7) is 12.6. The Kier molecular flexibility index (Phi) is 4.31. The van der Waals surface area contributed by atoms with Crippen LogP contribution >= 0.6 is 0 Å². The molecule has 0 aliphatic carbocycles. The molecule has 1 aromatic rings. The number of amides is 1. The Bertz CT molecular complexity index is 547. The van der Waals surface area contributed by atoms with Crippen molar-refractivity contribution >= 4 is 5.91 Å². The minimum atomic E-state index is 0.230. The molecule has 122 valence electrons. The molecule has 0 spiro atoms. The van der Waals surface area contributed by atoms with Crippen LogP contribution in [-0.2, 0) is 0 Å². The van der Waals surface area contributed by atoms with Gasteiger partial charge in [-0.25, -0.2) is 0 Å². The van der Waals surface area contributed by atoms with Crippen LogP contribution in [0.15, 0.2) is 6.07 Å². The molecule has 2 saturated heterocycles. The predicted molar refractivity (Wildman–Crippen MR) is 89.3 cm³/mol. The van der Waals surface area contributed by atoms with E-state index in [2.05, 4.69) is 48.5 Å². The van der Waals surface area contributed by atoms with Gasteiger partial charge in [-0.2, -0.15) is 0 Å². The summed E-state index contributed by atoms with van der Waals surface area (Å²) in [5.74, 6) is 1.76. The maximum Gasteiger partial charge on any atom is 0.255 e. The molecule has 0 radical (unpaired) electrons. The van der Waals surface area contributed by atoms with Crippen LogP contribution < -0.4 is 5.32 Å². The van der Waals surface area contributed by atoms with Gasteiger partial charge in [0.15, 0.2) is 0 Å². The molecule has 1 amide bonds. The molecule has 0 aromatic carbocycles. The van der Waals surface area contributed by atoms with Crippen LogP contribution in [0.5, 0.6) is 0 Å². The topological polar surface area (TPSA) is 37.3 Å². The molecule has 2 aliphatic rings. The van der Waals surface area contributed by atoms with E-state index in [4.69, 9.17) is 0 Å². The number of nitrogens with zero attached hydrogens (tertiary/aromatic N) is 2. The van der Waals surface area contributed by atoms with Crippen molar-refractivity contribution in [3.05, 3.63) is 23.0 Å². The number of aryl methyl sites for hydroxylation is 1. The van der Waals surface area contributed by atoms with Crippen LogP contribution in [0.1, 0.15) is 54.5 Å².